The Morgan fingerprint density at radius 1 is 1.03 bits per heavy atom. The molecule has 0 spiro atoms. The zero-order chi connectivity index (χ0) is 25.2. The van der Waals surface area contributed by atoms with E-state index in [0.717, 1.165) is 25.9 Å². The number of benzene rings is 1. The Hall–Kier alpha value is 1.01. The fourth-order valence-electron chi connectivity index (χ4n) is 5.31. The molecule has 1 saturated heterocycles. The minimum absolute atomic E-state index is 0.236. The number of para-hydroxylation sites is 1. The van der Waals surface area contributed by atoms with E-state index < -0.39 is 5.60 Å². The molecule has 33 heavy (non-hydrogen) atoms. The molecule has 3 atom stereocenters. The molecule has 1 aromatic heterocycles. The molecular formula is C26H40I3N2OV. The quantitative estimate of drug-likeness (QED) is 0.214. The van der Waals surface area contributed by atoms with Gasteiger partial charge in [-0.05, 0) is 44.4 Å². The molecule has 0 amide bonds. The zero-order valence-corrected chi connectivity index (χ0v) is 29.0. The van der Waals surface area contributed by atoms with Crippen molar-refractivity contribution in [1.29, 1.82) is 0 Å². The third kappa shape index (κ3) is 7.29. The Balaban J connectivity index is 0.000000479. The monoisotopic (exact) mass is 828 g/mol. The van der Waals surface area contributed by atoms with Crippen LogP contribution in [0.2, 0.25) is 0 Å². The first kappa shape index (κ1) is 32.0. The van der Waals surface area contributed by atoms with Crippen LogP contribution >= 0.6 is 59.9 Å². The fourth-order valence-corrected chi connectivity index (χ4v) is 5.31. The molecule has 1 fully saturated rings. The van der Waals surface area contributed by atoms with E-state index in [1.807, 2.05) is 48.5 Å². The van der Waals surface area contributed by atoms with E-state index in [9.17, 15) is 5.11 Å². The van der Waals surface area contributed by atoms with Crippen molar-refractivity contribution in [2.24, 2.45) is 5.92 Å². The van der Waals surface area contributed by atoms with Crippen molar-refractivity contribution in [2.45, 2.75) is 85.9 Å². The van der Waals surface area contributed by atoms with Crippen molar-refractivity contribution in [1.82, 2.24) is 9.47 Å². The van der Waals surface area contributed by atoms with Crippen LogP contribution in [0.1, 0.15) is 78.6 Å². The summed E-state index contributed by atoms with van der Waals surface area (Å²) in [7, 11) is 0. The van der Waals surface area contributed by atoms with Gasteiger partial charge in [-0.3, -0.25) is 4.90 Å². The molecule has 3 nitrogen and oxygen atoms in total. The molecule has 0 radical (unpaired) electrons. The summed E-state index contributed by atoms with van der Waals surface area (Å²) < 4.78 is 2.37. The Bertz CT molecular complexity index is 919. The number of aliphatic hydroxyl groups is 1. The van der Waals surface area contributed by atoms with Crippen LogP contribution in [0.25, 0.3) is 10.9 Å². The van der Waals surface area contributed by atoms with Crippen molar-refractivity contribution >= 4 is 70.8 Å². The van der Waals surface area contributed by atoms with Gasteiger partial charge in [-0.25, -0.2) is 0 Å². The van der Waals surface area contributed by atoms with Gasteiger partial charge in [-0.2, -0.15) is 0 Å². The first-order valence-corrected chi connectivity index (χ1v) is 25.8. The maximum absolute atomic E-state index is 11.4. The number of aromatic nitrogens is 1. The zero-order valence-electron chi connectivity index (χ0n) is 21.1. The van der Waals surface area contributed by atoms with Crippen LogP contribution in [-0.4, -0.2) is 33.3 Å². The number of hydrogen-bond donors (Lipinski definition) is 1. The molecule has 3 aliphatic rings. The summed E-state index contributed by atoms with van der Waals surface area (Å²) in [5.41, 5.74) is 3.34. The van der Waals surface area contributed by atoms with Gasteiger partial charge in [0.05, 0.1) is 12.6 Å². The fraction of sp³-hybridized carbons (Fsp3) is 0.615. The predicted octanol–water partition coefficient (Wildman–Crippen LogP) is 8.45. The summed E-state index contributed by atoms with van der Waals surface area (Å²) in [5, 5.41) is 12.8. The van der Waals surface area contributed by atoms with Gasteiger partial charge in [0.15, 0.2) is 0 Å². The van der Waals surface area contributed by atoms with E-state index in [1.165, 1.54) is 28.6 Å². The van der Waals surface area contributed by atoms with E-state index >= 15 is 0 Å². The summed E-state index contributed by atoms with van der Waals surface area (Å²) >= 11 is 7.39. The van der Waals surface area contributed by atoms with E-state index in [0.29, 0.717) is 12.6 Å². The summed E-state index contributed by atoms with van der Waals surface area (Å²) in [6.07, 6.45) is 3.38. The molecule has 3 aliphatic heterocycles. The van der Waals surface area contributed by atoms with Crippen LogP contribution in [0.15, 0.2) is 24.3 Å². The second-order valence-electron chi connectivity index (χ2n) is 7.44. The van der Waals surface area contributed by atoms with E-state index in [4.69, 9.17) is 0 Å². The van der Waals surface area contributed by atoms with Gasteiger partial charge in [0, 0.05) is 29.1 Å². The summed E-state index contributed by atoms with van der Waals surface area (Å²) in [6, 6.07) is 9.01. The van der Waals surface area contributed by atoms with Crippen molar-refractivity contribution in [2.75, 3.05) is 13.1 Å². The third-order valence-electron chi connectivity index (χ3n) is 6.14. The molecule has 7 heteroatoms. The normalized spacial score (nSPS) is 24.1. The van der Waals surface area contributed by atoms with Crippen LogP contribution in [0.4, 0.5) is 0 Å². The summed E-state index contributed by atoms with van der Waals surface area (Å²) in [6.45, 7) is 16.7. The molecule has 2 aromatic rings. The average Bonchev–Trinajstić information content (AvgIpc) is 3.16. The molecule has 5 rings (SSSR count). The van der Waals surface area contributed by atoms with Crippen molar-refractivity contribution in [3.05, 3.63) is 35.5 Å². The molecule has 3 unspecified atom stereocenters. The van der Waals surface area contributed by atoms with Gasteiger partial charge in [0.2, 0.25) is 0 Å². The van der Waals surface area contributed by atoms with Crippen molar-refractivity contribution in [3.63, 3.8) is 0 Å². The number of piperidine rings is 1. The van der Waals surface area contributed by atoms with Gasteiger partial charge >= 0.3 is 64.9 Å². The number of rotatable bonds is 0. The Morgan fingerprint density at radius 3 is 2.24 bits per heavy atom. The molecule has 186 valence electrons. The van der Waals surface area contributed by atoms with Gasteiger partial charge in [-0.1, -0.05) is 65.7 Å². The maximum atomic E-state index is 11.4. The molecule has 1 N–H and O–H groups in total. The topological polar surface area (TPSA) is 28.4 Å². The summed E-state index contributed by atoms with van der Waals surface area (Å²) in [5.74, 6) is 6.41. The van der Waals surface area contributed by atoms with Gasteiger partial charge in [0.25, 0.3) is 0 Å². The number of halogens is 3. The number of hydrogen-bond acceptors (Lipinski definition) is 2. The molecule has 1 aromatic carbocycles. The minimum atomic E-state index is -0.901. The Kier molecular flexibility index (Phi) is 15.5. The SMILES string of the molecule is CC.CC.CC.CC#CC1(O)Cn2c3c(c4ccccc42)CCN2CCCC1C32.[I][V]([I])[I]. The Labute approximate surface area is 239 Å². The number of nitrogens with zero attached hydrogens (tertiary/aromatic N) is 2. The summed E-state index contributed by atoms with van der Waals surface area (Å²) in [4.78, 5) is 2.31. The van der Waals surface area contributed by atoms with Crippen molar-refractivity contribution < 1.29 is 10.0 Å². The first-order chi connectivity index (χ1) is 16.0. The molecule has 0 bridgehead atoms. The average molecular weight is 828 g/mol. The predicted molar refractivity (Wildman–Crippen MR) is 167 cm³/mol. The van der Waals surface area contributed by atoms with Crippen LogP contribution in [0.5, 0.6) is 0 Å². The molecule has 0 saturated carbocycles. The van der Waals surface area contributed by atoms with Gasteiger partial charge in [-0.15, -0.1) is 5.92 Å². The molecule has 0 aliphatic carbocycles. The Morgan fingerprint density at radius 2 is 1.64 bits per heavy atom. The van der Waals surface area contributed by atoms with Gasteiger partial charge < -0.3 is 9.67 Å². The van der Waals surface area contributed by atoms with Crippen LogP contribution in [0, 0.1) is 17.8 Å². The molecule has 4 heterocycles. The van der Waals surface area contributed by atoms with Gasteiger partial charge in [0.1, 0.15) is 5.60 Å². The van der Waals surface area contributed by atoms with Crippen LogP contribution in [-0.2, 0) is 17.9 Å². The standard InChI is InChI=1S/C20H22N2O.3C2H6.3HI.V/c1-2-10-20(23)13-22-17-8-4-3-6-14(17)15-9-12-21-11-5-7-16(20)19(21)18(15)22;3*1-2;;;;/h3-4,6,8,16,19,23H,5,7,9,11-13H2,1H3;3*1-2H3;3*1H;/q;;;;;;;+3/p-3. The molecular weight excluding hydrogens is 788 g/mol. The van der Waals surface area contributed by atoms with E-state index in [2.05, 4.69) is 106 Å². The van der Waals surface area contributed by atoms with E-state index in [-0.39, 0.29) is 10.8 Å². The van der Waals surface area contributed by atoms with Crippen LogP contribution in [0.3, 0.4) is 0 Å². The van der Waals surface area contributed by atoms with Crippen molar-refractivity contribution in [3.8, 4) is 11.8 Å². The third-order valence-corrected chi connectivity index (χ3v) is 6.14. The van der Waals surface area contributed by atoms with E-state index in [1.54, 1.807) is 0 Å². The first-order valence-electron chi connectivity index (χ1n) is 12.2. The van der Waals surface area contributed by atoms with Crippen LogP contribution < -0.4 is 0 Å². The second-order valence-corrected chi connectivity index (χ2v) is 42.8. The second kappa shape index (κ2) is 16.0. The number of fused-ring (bicyclic) bond motifs is 3.